The lowest BCUT2D eigenvalue weighted by molar-refractivity contribution is 0.544. The van der Waals surface area contributed by atoms with Crippen LogP contribution >= 0.6 is 11.6 Å². The van der Waals surface area contributed by atoms with Crippen molar-refractivity contribution in [1.82, 2.24) is 9.97 Å². The van der Waals surface area contributed by atoms with Gasteiger partial charge in [0.25, 0.3) is 0 Å². The van der Waals surface area contributed by atoms with Gasteiger partial charge in [-0.25, -0.2) is 4.98 Å². The van der Waals surface area contributed by atoms with Gasteiger partial charge in [0, 0.05) is 18.8 Å². The minimum absolute atomic E-state index is 0.429. The molecule has 0 N–H and O–H groups in total. The van der Waals surface area contributed by atoms with Gasteiger partial charge in [-0.05, 0) is 19.3 Å². The van der Waals surface area contributed by atoms with Gasteiger partial charge in [0.2, 0.25) is 0 Å². The second kappa shape index (κ2) is 4.35. The maximum Gasteiger partial charge on any atom is 0.147 e. The first kappa shape index (κ1) is 10.7. The number of rotatable bonds is 2. The fraction of sp³-hybridized carbons (Fsp3) is 0.636. The minimum atomic E-state index is 0.429. The third-order valence-electron chi connectivity index (χ3n) is 3.24. The van der Waals surface area contributed by atoms with E-state index >= 15 is 0 Å². The van der Waals surface area contributed by atoms with Crippen molar-refractivity contribution in [3.63, 3.8) is 0 Å². The zero-order valence-electron chi connectivity index (χ0n) is 9.15. The smallest absolute Gasteiger partial charge is 0.147 e. The Balaban J connectivity index is 2.22. The summed E-state index contributed by atoms with van der Waals surface area (Å²) in [5.74, 6) is 2.12. The lowest BCUT2D eigenvalue weighted by atomic mass is 10.1. The molecular formula is C11H16ClN3. The van der Waals surface area contributed by atoms with Gasteiger partial charge in [0.1, 0.15) is 5.82 Å². The van der Waals surface area contributed by atoms with Crippen molar-refractivity contribution < 1.29 is 0 Å². The van der Waals surface area contributed by atoms with E-state index in [2.05, 4.69) is 28.7 Å². The van der Waals surface area contributed by atoms with E-state index in [4.69, 9.17) is 11.6 Å². The minimum Gasteiger partial charge on any atom is -0.352 e. The SMILES string of the molecule is CC1CCN(c2cncc(CCl)n2)C1C. The zero-order valence-corrected chi connectivity index (χ0v) is 9.91. The molecule has 0 bridgehead atoms. The molecule has 1 fully saturated rings. The average molecular weight is 226 g/mol. The highest BCUT2D eigenvalue weighted by Gasteiger charge is 2.28. The van der Waals surface area contributed by atoms with Crippen molar-refractivity contribution in [2.45, 2.75) is 32.2 Å². The molecule has 2 heterocycles. The molecule has 15 heavy (non-hydrogen) atoms. The highest BCUT2D eigenvalue weighted by molar-refractivity contribution is 6.16. The van der Waals surface area contributed by atoms with Crippen LogP contribution in [0.15, 0.2) is 12.4 Å². The van der Waals surface area contributed by atoms with E-state index in [-0.39, 0.29) is 0 Å². The molecule has 82 valence electrons. The Morgan fingerprint density at radius 3 is 2.87 bits per heavy atom. The molecule has 1 saturated heterocycles. The Labute approximate surface area is 95.5 Å². The quantitative estimate of drug-likeness (QED) is 0.724. The van der Waals surface area contributed by atoms with Crippen molar-refractivity contribution in [3.05, 3.63) is 18.1 Å². The van der Waals surface area contributed by atoms with Crippen LogP contribution in [0.3, 0.4) is 0 Å². The largest absolute Gasteiger partial charge is 0.352 e. The number of halogens is 1. The van der Waals surface area contributed by atoms with Crippen molar-refractivity contribution >= 4 is 17.4 Å². The van der Waals surface area contributed by atoms with Crippen LogP contribution in [0.2, 0.25) is 0 Å². The molecule has 2 unspecified atom stereocenters. The predicted octanol–water partition coefficient (Wildman–Crippen LogP) is 2.45. The molecule has 0 spiro atoms. The van der Waals surface area contributed by atoms with E-state index in [1.165, 1.54) is 6.42 Å². The van der Waals surface area contributed by atoms with Crippen LogP contribution < -0.4 is 4.90 Å². The molecule has 1 aliphatic rings. The molecule has 0 amide bonds. The van der Waals surface area contributed by atoms with Crippen LogP contribution in [0.4, 0.5) is 5.82 Å². The molecule has 0 aliphatic carbocycles. The van der Waals surface area contributed by atoms with Crippen LogP contribution in [0, 0.1) is 5.92 Å². The highest BCUT2D eigenvalue weighted by atomic mass is 35.5. The van der Waals surface area contributed by atoms with E-state index < -0.39 is 0 Å². The Kier molecular flexibility index (Phi) is 3.10. The lowest BCUT2D eigenvalue weighted by Crippen LogP contribution is -2.30. The number of anilines is 1. The van der Waals surface area contributed by atoms with Crippen LogP contribution in [-0.2, 0) is 5.88 Å². The molecule has 0 aromatic carbocycles. The number of aromatic nitrogens is 2. The van der Waals surface area contributed by atoms with Crippen LogP contribution in [0.25, 0.3) is 0 Å². The molecular weight excluding hydrogens is 210 g/mol. The summed E-state index contributed by atoms with van der Waals surface area (Å²) >= 11 is 5.75. The summed E-state index contributed by atoms with van der Waals surface area (Å²) in [4.78, 5) is 11.0. The standard InChI is InChI=1S/C11H16ClN3/c1-8-3-4-15(9(8)2)11-7-13-6-10(5-12)14-11/h6-9H,3-5H2,1-2H3. The zero-order chi connectivity index (χ0) is 10.8. The fourth-order valence-corrected chi connectivity index (χ4v) is 2.14. The molecule has 1 aromatic heterocycles. The highest BCUT2D eigenvalue weighted by Crippen LogP contribution is 2.27. The summed E-state index contributed by atoms with van der Waals surface area (Å²) < 4.78 is 0. The van der Waals surface area contributed by atoms with Gasteiger partial charge in [-0.1, -0.05) is 6.92 Å². The second-order valence-electron chi connectivity index (χ2n) is 4.20. The summed E-state index contributed by atoms with van der Waals surface area (Å²) in [5.41, 5.74) is 0.848. The van der Waals surface area contributed by atoms with Crippen molar-refractivity contribution in [1.29, 1.82) is 0 Å². The van der Waals surface area contributed by atoms with Crippen LogP contribution in [0.5, 0.6) is 0 Å². The second-order valence-corrected chi connectivity index (χ2v) is 4.47. The lowest BCUT2D eigenvalue weighted by Gasteiger charge is -2.24. The van der Waals surface area contributed by atoms with Gasteiger partial charge in [-0.2, -0.15) is 0 Å². The Hall–Kier alpha value is -0.830. The van der Waals surface area contributed by atoms with Crippen LogP contribution in [0.1, 0.15) is 26.0 Å². The normalized spacial score (nSPS) is 25.9. The molecule has 3 nitrogen and oxygen atoms in total. The van der Waals surface area contributed by atoms with E-state index in [0.29, 0.717) is 11.9 Å². The molecule has 1 aromatic rings. The van der Waals surface area contributed by atoms with Gasteiger partial charge < -0.3 is 4.90 Å². The van der Waals surface area contributed by atoms with Gasteiger partial charge in [-0.15, -0.1) is 11.6 Å². The molecule has 2 rings (SSSR count). The monoisotopic (exact) mass is 225 g/mol. The fourth-order valence-electron chi connectivity index (χ4n) is 2.02. The molecule has 4 heteroatoms. The molecule has 1 aliphatic heterocycles. The molecule has 0 radical (unpaired) electrons. The summed E-state index contributed by atoms with van der Waals surface area (Å²) in [7, 11) is 0. The number of nitrogens with zero attached hydrogens (tertiary/aromatic N) is 3. The van der Waals surface area contributed by atoms with Gasteiger partial charge in [0.15, 0.2) is 0 Å². The van der Waals surface area contributed by atoms with Crippen molar-refractivity contribution in [2.75, 3.05) is 11.4 Å². The van der Waals surface area contributed by atoms with E-state index in [9.17, 15) is 0 Å². The number of hydrogen-bond acceptors (Lipinski definition) is 3. The summed E-state index contributed by atoms with van der Waals surface area (Å²) in [6.07, 6.45) is 4.78. The topological polar surface area (TPSA) is 29.0 Å². The summed E-state index contributed by atoms with van der Waals surface area (Å²) in [6.45, 7) is 5.60. The van der Waals surface area contributed by atoms with Gasteiger partial charge in [0.05, 0.1) is 17.8 Å². The van der Waals surface area contributed by atoms with Crippen molar-refractivity contribution in [2.24, 2.45) is 5.92 Å². The van der Waals surface area contributed by atoms with E-state index in [1.807, 2.05) is 6.20 Å². The summed E-state index contributed by atoms with van der Waals surface area (Å²) in [5, 5.41) is 0. The third-order valence-corrected chi connectivity index (χ3v) is 3.52. The Morgan fingerprint density at radius 2 is 2.27 bits per heavy atom. The molecule has 2 atom stereocenters. The van der Waals surface area contributed by atoms with Crippen LogP contribution in [-0.4, -0.2) is 22.6 Å². The Morgan fingerprint density at radius 1 is 1.47 bits per heavy atom. The average Bonchev–Trinajstić information content (AvgIpc) is 2.60. The van der Waals surface area contributed by atoms with E-state index in [1.54, 1.807) is 6.20 Å². The predicted molar refractivity (Wildman–Crippen MR) is 62.2 cm³/mol. The Bertz CT molecular complexity index is 342. The number of alkyl halides is 1. The van der Waals surface area contributed by atoms with Crippen molar-refractivity contribution in [3.8, 4) is 0 Å². The maximum atomic E-state index is 5.75. The first-order valence-corrected chi connectivity index (χ1v) is 5.89. The van der Waals surface area contributed by atoms with Gasteiger partial charge >= 0.3 is 0 Å². The summed E-state index contributed by atoms with van der Waals surface area (Å²) in [6, 6.07) is 0.546. The molecule has 0 saturated carbocycles. The first-order chi connectivity index (χ1) is 7.22. The number of hydrogen-bond donors (Lipinski definition) is 0. The van der Waals surface area contributed by atoms with E-state index in [0.717, 1.165) is 24.0 Å². The maximum absolute atomic E-state index is 5.75. The first-order valence-electron chi connectivity index (χ1n) is 5.36. The van der Waals surface area contributed by atoms with Gasteiger partial charge in [-0.3, -0.25) is 4.98 Å². The third kappa shape index (κ3) is 2.07.